The molecule has 1 aliphatic carbocycles. The maximum absolute atomic E-state index is 12.1. The lowest BCUT2D eigenvalue weighted by Gasteiger charge is -2.26. The van der Waals surface area contributed by atoms with Crippen LogP contribution in [-0.2, 0) is 9.47 Å². The lowest BCUT2D eigenvalue weighted by Crippen LogP contribution is -2.47. The van der Waals surface area contributed by atoms with Gasteiger partial charge in [0.2, 0.25) is 0 Å². The molecule has 1 aliphatic heterocycles. The zero-order chi connectivity index (χ0) is 18.1. The van der Waals surface area contributed by atoms with Crippen LogP contribution < -0.4 is 5.32 Å². The van der Waals surface area contributed by atoms with Gasteiger partial charge in [-0.1, -0.05) is 48.5 Å². The first-order chi connectivity index (χ1) is 12.6. The minimum absolute atomic E-state index is 0.0324. The van der Waals surface area contributed by atoms with Crippen LogP contribution in [0.3, 0.4) is 0 Å². The molecular formula is C21H23NO4. The van der Waals surface area contributed by atoms with Gasteiger partial charge < -0.3 is 19.9 Å². The number of benzene rings is 2. The molecule has 1 saturated heterocycles. The molecule has 5 nitrogen and oxygen atoms in total. The van der Waals surface area contributed by atoms with Crippen molar-refractivity contribution in [2.45, 2.75) is 31.0 Å². The van der Waals surface area contributed by atoms with Gasteiger partial charge >= 0.3 is 6.09 Å². The Kier molecular flexibility index (Phi) is 4.42. The monoisotopic (exact) mass is 353 g/mol. The summed E-state index contributed by atoms with van der Waals surface area (Å²) in [4.78, 5) is 12.1. The number of rotatable bonds is 4. The number of amides is 1. The van der Waals surface area contributed by atoms with Crippen LogP contribution in [0.25, 0.3) is 11.1 Å². The fourth-order valence-corrected chi connectivity index (χ4v) is 3.88. The molecule has 1 fully saturated rings. The summed E-state index contributed by atoms with van der Waals surface area (Å²) in [6.07, 6.45) is -0.298. The summed E-state index contributed by atoms with van der Waals surface area (Å²) in [5, 5.41) is 13.1. The van der Waals surface area contributed by atoms with Crippen LogP contribution in [0, 0.1) is 0 Å². The number of hydrogen-bond acceptors (Lipinski definition) is 4. The van der Waals surface area contributed by atoms with Gasteiger partial charge in [-0.3, -0.25) is 0 Å². The highest BCUT2D eigenvalue weighted by Crippen LogP contribution is 2.44. The third-order valence-electron chi connectivity index (χ3n) is 5.54. The fourth-order valence-electron chi connectivity index (χ4n) is 3.88. The van der Waals surface area contributed by atoms with Gasteiger partial charge in [0.05, 0.1) is 12.6 Å². The van der Waals surface area contributed by atoms with Gasteiger partial charge in [-0.05, 0) is 29.2 Å². The number of alkyl carbamates (subject to hydrolysis) is 1. The highest BCUT2D eigenvalue weighted by Gasteiger charge is 2.40. The minimum atomic E-state index is -1.02. The van der Waals surface area contributed by atoms with Crippen molar-refractivity contribution in [2.75, 3.05) is 19.8 Å². The molecule has 0 spiro atoms. The molecule has 2 aromatic carbocycles. The Morgan fingerprint density at radius 3 is 2.38 bits per heavy atom. The van der Waals surface area contributed by atoms with Crippen LogP contribution in [0.4, 0.5) is 4.79 Å². The van der Waals surface area contributed by atoms with Gasteiger partial charge in [0.15, 0.2) is 0 Å². The summed E-state index contributed by atoms with van der Waals surface area (Å²) in [7, 11) is 0. The van der Waals surface area contributed by atoms with Gasteiger partial charge in [-0.25, -0.2) is 4.79 Å². The average Bonchev–Trinajstić information content (AvgIpc) is 3.16. The highest BCUT2D eigenvalue weighted by molar-refractivity contribution is 5.79. The summed E-state index contributed by atoms with van der Waals surface area (Å²) >= 11 is 0. The van der Waals surface area contributed by atoms with E-state index in [0.29, 0.717) is 13.0 Å². The van der Waals surface area contributed by atoms with Crippen molar-refractivity contribution in [2.24, 2.45) is 0 Å². The van der Waals surface area contributed by atoms with Crippen molar-refractivity contribution in [3.05, 3.63) is 59.7 Å². The zero-order valence-corrected chi connectivity index (χ0v) is 14.8. The van der Waals surface area contributed by atoms with Gasteiger partial charge in [-0.2, -0.15) is 0 Å². The van der Waals surface area contributed by atoms with Crippen molar-refractivity contribution < 1.29 is 19.4 Å². The van der Waals surface area contributed by atoms with Crippen molar-refractivity contribution in [1.29, 1.82) is 0 Å². The number of fused-ring (bicyclic) bond motifs is 3. The number of aliphatic hydroxyl groups is 1. The molecule has 2 aliphatic rings. The van der Waals surface area contributed by atoms with Gasteiger partial charge in [0.1, 0.15) is 12.2 Å². The van der Waals surface area contributed by atoms with Crippen molar-refractivity contribution >= 4 is 6.09 Å². The Hall–Kier alpha value is -2.37. The summed E-state index contributed by atoms with van der Waals surface area (Å²) in [5.74, 6) is 0.0324. The van der Waals surface area contributed by atoms with E-state index in [4.69, 9.17) is 9.47 Å². The molecule has 1 amide bonds. The molecule has 136 valence electrons. The third-order valence-corrected chi connectivity index (χ3v) is 5.54. The zero-order valence-electron chi connectivity index (χ0n) is 14.8. The average molecular weight is 353 g/mol. The molecule has 4 rings (SSSR count). The van der Waals surface area contributed by atoms with Crippen molar-refractivity contribution in [3.63, 3.8) is 0 Å². The largest absolute Gasteiger partial charge is 0.449 e. The normalized spacial score (nSPS) is 24.2. The summed E-state index contributed by atoms with van der Waals surface area (Å²) < 4.78 is 10.9. The van der Waals surface area contributed by atoms with Gasteiger partial charge in [0, 0.05) is 18.9 Å². The molecule has 1 heterocycles. The van der Waals surface area contributed by atoms with E-state index in [0.717, 1.165) is 0 Å². The maximum Gasteiger partial charge on any atom is 0.407 e. The number of hydrogen-bond donors (Lipinski definition) is 2. The molecule has 0 saturated carbocycles. The number of carbonyl (C=O) groups excluding carboxylic acids is 1. The van der Waals surface area contributed by atoms with E-state index in [9.17, 15) is 9.90 Å². The van der Waals surface area contributed by atoms with Crippen LogP contribution in [0.1, 0.15) is 30.4 Å². The Balaban J connectivity index is 1.41. The van der Waals surface area contributed by atoms with E-state index in [1.807, 2.05) is 31.2 Å². The minimum Gasteiger partial charge on any atom is -0.449 e. The molecular weight excluding hydrogens is 330 g/mol. The first-order valence-electron chi connectivity index (χ1n) is 9.01. The van der Waals surface area contributed by atoms with Gasteiger partial charge in [-0.15, -0.1) is 0 Å². The second-order valence-corrected chi connectivity index (χ2v) is 7.05. The molecule has 0 aromatic heterocycles. The van der Waals surface area contributed by atoms with Gasteiger partial charge in [0.25, 0.3) is 0 Å². The molecule has 2 unspecified atom stereocenters. The maximum atomic E-state index is 12.1. The first-order valence-corrected chi connectivity index (χ1v) is 9.01. The van der Waals surface area contributed by atoms with E-state index >= 15 is 0 Å². The molecule has 2 atom stereocenters. The Bertz CT molecular complexity index is 776. The third kappa shape index (κ3) is 2.97. The lowest BCUT2D eigenvalue weighted by atomic mass is 9.97. The quantitative estimate of drug-likeness (QED) is 0.886. The van der Waals surface area contributed by atoms with Crippen LogP contribution in [0.5, 0.6) is 0 Å². The van der Waals surface area contributed by atoms with E-state index in [1.54, 1.807) is 0 Å². The molecule has 0 bridgehead atoms. The van der Waals surface area contributed by atoms with E-state index in [-0.39, 0.29) is 25.2 Å². The topological polar surface area (TPSA) is 67.8 Å². The van der Waals surface area contributed by atoms with Crippen LogP contribution >= 0.6 is 0 Å². The van der Waals surface area contributed by atoms with Crippen LogP contribution in [0.2, 0.25) is 0 Å². The second-order valence-electron chi connectivity index (χ2n) is 7.05. The molecule has 2 N–H and O–H groups in total. The van der Waals surface area contributed by atoms with Crippen molar-refractivity contribution in [3.8, 4) is 11.1 Å². The Labute approximate surface area is 152 Å². The van der Waals surface area contributed by atoms with Crippen LogP contribution in [-0.4, -0.2) is 42.7 Å². The van der Waals surface area contributed by atoms with E-state index in [2.05, 4.69) is 29.6 Å². The molecule has 26 heavy (non-hydrogen) atoms. The predicted octanol–water partition coefficient (Wildman–Crippen LogP) is 3.07. The Morgan fingerprint density at radius 1 is 1.19 bits per heavy atom. The van der Waals surface area contributed by atoms with Crippen LogP contribution in [0.15, 0.2) is 48.5 Å². The second kappa shape index (κ2) is 6.74. The lowest BCUT2D eigenvalue weighted by molar-refractivity contribution is -0.0259. The number of ether oxygens (including phenoxy) is 2. The molecule has 0 radical (unpaired) electrons. The highest BCUT2D eigenvalue weighted by atomic mass is 16.5. The SMILES string of the molecule is CC1OCCC1(O)CNC(=O)OCC1c2ccccc2-c2ccccc21. The summed E-state index contributed by atoms with van der Waals surface area (Å²) in [5.41, 5.74) is 3.73. The number of carbonyl (C=O) groups is 1. The Morgan fingerprint density at radius 2 is 1.81 bits per heavy atom. The number of nitrogens with one attached hydrogen (secondary N) is 1. The van der Waals surface area contributed by atoms with E-state index < -0.39 is 11.7 Å². The van der Waals surface area contributed by atoms with Crippen molar-refractivity contribution in [1.82, 2.24) is 5.32 Å². The standard InChI is InChI=1S/C21H23NO4/c1-14-21(24,10-11-25-14)13-22-20(23)26-12-19-17-8-4-2-6-15(17)16-7-3-5-9-18(16)19/h2-9,14,19,24H,10-13H2,1H3,(H,22,23). The predicted molar refractivity (Wildman–Crippen MR) is 98.1 cm³/mol. The smallest absolute Gasteiger partial charge is 0.407 e. The summed E-state index contributed by atoms with van der Waals surface area (Å²) in [6.45, 7) is 2.71. The fraction of sp³-hybridized carbons (Fsp3) is 0.381. The van der Waals surface area contributed by atoms with E-state index in [1.165, 1.54) is 22.3 Å². The first kappa shape index (κ1) is 17.1. The summed E-state index contributed by atoms with van der Waals surface area (Å²) in [6, 6.07) is 16.4. The molecule has 5 heteroatoms. The molecule has 2 aromatic rings.